The van der Waals surface area contributed by atoms with E-state index in [1.807, 2.05) is 0 Å². The average molecular weight is 359 g/mol. The van der Waals surface area contributed by atoms with Crippen LogP contribution in [-0.2, 0) is 6.18 Å². The van der Waals surface area contributed by atoms with Crippen molar-refractivity contribution in [2.45, 2.75) is 43.8 Å². The maximum absolute atomic E-state index is 13.7. The van der Waals surface area contributed by atoms with Crippen LogP contribution in [0.2, 0.25) is 0 Å². The first-order chi connectivity index (χ1) is 9.18. The van der Waals surface area contributed by atoms with Crippen molar-refractivity contribution in [1.29, 1.82) is 0 Å². The molecule has 0 amide bonds. The van der Waals surface area contributed by atoms with Gasteiger partial charge in [0.15, 0.2) is 0 Å². The molecular formula is C12H12BrF5N2. The Morgan fingerprint density at radius 1 is 1.25 bits per heavy atom. The SMILES string of the molecule is FC(F)(F)c1cc(Br)nc(NC2CCCCC2(F)F)c1. The number of hydrogen-bond acceptors (Lipinski definition) is 2. The molecule has 1 saturated carbocycles. The van der Waals surface area contributed by atoms with Crippen LogP contribution in [0.15, 0.2) is 16.7 Å². The topological polar surface area (TPSA) is 24.9 Å². The molecule has 1 unspecified atom stereocenters. The molecule has 1 fully saturated rings. The molecule has 0 spiro atoms. The first-order valence-corrected chi connectivity index (χ1v) is 6.87. The molecular weight excluding hydrogens is 347 g/mol. The van der Waals surface area contributed by atoms with Crippen LogP contribution in [0.1, 0.15) is 31.2 Å². The molecule has 0 bridgehead atoms. The average Bonchev–Trinajstić information content (AvgIpc) is 2.30. The summed E-state index contributed by atoms with van der Waals surface area (Å²) in [5.41, 5.74) is -0.930. The van der Waals surface area contributed by atoms with Crippen LogP contribution in [0.3, 0.4) is 0 Å². The molecule has 1 heterocycles. The highest BCUT2D eigenvalue weighted by molar-refractivity contribution is 9.10. The number of rotatable bonds is 2. The van der Waals surface area contributed by atoms with Gasteiger partial charge in [-0.3, -0.25) is 0 Å². The standard InChI is InChI=1S/C12H12BrF5N2/c13-9-5-7(12(16,17)18)6-10(20-9)19-8-3-1-2-4-11(8,14)15/h5-6,8H,1-4H2,(H,19,20). The first kappa shape index (κ1) is 15.5. The molecule has 0 radical (unpaired) electrons. The summed E-state index contributed by atoms with van der Waals surface area (Å²) in [6, 6.07) is 0.374. The zero-order chi connectivity index (χ0) is 15.0. The second-order valence-corrected chi connectivity index (χ2v) is 5.58. The van der Waals surface area contributed by atoms with Gasteiger partial charge in [-0.1, -0.05) is 6.42 Å². The van der Waals surface area contributed by atoms with Gasteiger partial charge in [-0.15, -0.1) is 0 Å². The second-order valence-electron chi connectivity index (χ2n) is 4.77. The van der Waals surface area contributed by atoms with Gasteiger partial charge in [-0.2, -0.15) is 13.2 Å². The summed E-state index contributed by atoms with van der Waals surface area (Å²) in [6.45, 7) is 0. The van der Waals surface area contributed by atoms with Gasteiger partial charge in [-0.25, -0.2) is 13.8 Å². The van der Waals surface area contributed by atoms with Crippen molar-refractivity contribution in [3.05, 3.63) is 22.3 Å². The molecule has 0 aliphatic heterocycles. The van der Waals surface area contributed by atoms with Crippen LogP contribution in [0.4, 0.5) is 27.8 Å². The maximum atomic E-state index is 13.7. The molecule has 1 aromatic heterocycles. The third-order valence-corrected chi connectivity index (χ3v) is 3.61. The summed E-state index contributed by atoms with van der Waals surface area (Å²) in [5, 5.41) is 2.43. The van der Waals surface area contributed by atoms with Crippen LogP contribution in [0.25, 0.3) is 0 Å². The van der Waals surface area contributed by atoms with Crippen molar-refractivity contribution in [2.75, 3.05) is 5.32 Å². The molecule has 1 aromatic rings. The highest BCUT2D eigenvalue weighted by Gasteiger charge is 2.42. The van der Waals surface area contributed by atoms with Gasteiger partial charge >= 0.3 is 6.18 Å². The van der Waals surface area contributed by atoms with Crippen molar-refractivity contribution in [3.63, 3.8) is 0 Å². The lowest BCUT2D eigenvalue weighted by molar-refractivity contribution is -0.137. The lowest BCUT2D eigenvalue weighted by atomic mass is 9.91. The highest BCUT2D eigenvalue weighted by Crippen LogP contribution is 2.36. The van der Waals surface area contributed by atoms with Gasteiger partial charge in [0, 0.05) is 6.42 Å². The quantitative estimate of drug-likeness (QED) is 0.603. The molecule has 2 rings (SSSR count). The van der Waals surface area contributed by atoms with E-state index in [-0.39, 0.29) is 23.3 Å². The number of nitrogens with one attached hydrogen (secondary N) is 1. The van der Waals surface area contributed by atoms with Gasteiger partial charge in [0.1, 0.15) is 10.4 Å². The fraction of sp³-hybridized carbons (Fsp3) is 0.583. The maximum Gasteiger partial charge on any atom is 0.416 e. The molecule has 1 atom stereocenters. The van der Waals surface area contributed by atoms with Crippen molar-refractivity contribution in [2.24, 2.45) is 0 Å². The van der Waals surface area contributed by atoms with Crippen LogP contribution < -0.4 is 5.32 Å². The molecule has 8 heteroatoms. The largest absolute Gasteiger partial charge is 0.416 e. The predicted molar refractivity (Wildman–Crippen MR) is 67.8 cm³/mol. The summed E-state index contributed by atoms with van der Waals surface area (Å²) in [7, 11) is 0. The van der Waals surface area contributed by atoms with Crippen LogP contribution >= 0.6 is 15.9 Å². The van der Waals surface area contributed by atoms with Gasteiger partial charge in [0.05, 0.1) is 11.6 Å². The van der Waals surface area contributed by atoms with Gasteiger partial charge in [-0.05, 0) is 40.9 Å². The van der Waals surface area contributed by atoms with Crippen molar-refractivity contribution in [1.82, 2.24) is 4.98 Å². The van der Waals surface area contributed by atoms with Gasteiger partial charge in [0.2, 0.25) is 0 Å². The van der Waals surface area contributed by atoms with E-state index in [9.17, 15) is 22.0 Å². The Bertz CT molecular complexity index is 489. The Labute approximate surface area is 120 Å². The van der Waals surface area contributed by atoms with E-state index >= 15 is 0 Å². The Hall–Kier alpha value is -0.920. The summed E-state index contributed by atoms with van der Waals surface area (Å²) >= 11 is 2.86. The number of alkyl halides is 5. The minimum Gasteiger partial charge on any atom is -0.361 e. The summed E-state index contributed by atoms with van der Waals surface area (Å²) in [4.78, 5) is 3.78. The van der Waals surface area contributed by atoms with E-state index in [2.05, 4.69) is 26.2 Å². The fourth-order valence-corrected chi connectivity index (χ4v) is 2.62. The lowest BCUT2D eigenvalue weighted by Gasteiger charge is -2.32. The second kappa shape index (κ2) is 5.46. The van der Waals surface area contributed by atoms with E-state index in [1.54, 1.807) is 0 Å². The summed E-state index contributed by atoms with van der Waals surface area (Å²) in [6.07, 6.45) is -3.55. The smallest absolute Gasteiger partial charge is 0.361 e. The van der Waals surface area contributed by atoms with E-state index in [0.717, 1.165) is 12.1 Å². The van der Waals surface area contributed by atoms with Gasteiger partial charge in [0.25, 0.3) is 5.92 Å². The Balaban J connectivity index is 2.23. The Kier molecular flexibility index (Phi) is 4.22. The molecule has 2 nitrogen and oxygen atoms in total. The minimum atomic E-state index is -4.54. The van der Waals surface area contributed by atoms with Crippen molar-refractivity contribution < 1.29 is 22.0 Å². The zero-order valence-electron chi connectivity index (χ0n) is 10.3. The molecule has 0 saturated heterocycles. The fourth-order valence-electron chi connectivity index (χ4n) is 2.19. The van der Waals surface area contributed by atoms with E-state index in [1.165, 1.54) is 0 Å². The third-order valence-electron chi connectivity index (χ3n) is 3.21. The predicted octanol–water partition coefficient (Wildman–Crippen LogP) is 4.85. The number of nitrogens with zero attached hydrogens (tertiary/aromatic N) is 1. The Morgan fingerprint density at radius 2 is 1.95 bits per heavy atom. The molecule has 112 valence electrons. The Morgan fingerprint density at radius 3 is 2.55 bits per heavy atom. The number of halogens is 6. The zero-order valence-corrected chi connectivity index (χ0v) is 11.9. The normalized spacial score (nSPS) is 22.6. The monoisotopic (exact) mass is 358 g/mol. The van der Waals surface area contributed by atoms with Crippen molar-refractivity contribution >= 4 is 21.7 Å². The lowest BCUT2D eigenvalue weighted by Crippen LogP contribution is -2.42. The van der Waals surface area contributed by atoms with Crippen LogP contribution in [0.5, 0.6) is 0 Å². The van der Waals surface area contributed by atoms with E-state index < -0.39 is 23.7 Å². The van der Waals surface area contributed by atoms with E-state index in [4.69, 9.17) is 0 Å². The molecule has 1 aliphatic carbocycles. The highest BCUT2D eigenvalue weighted by atomic mass is 79.9. The van der Waals surface area contributed by atoms with Crippen molar-refractivity contribution in [3.8, 4) is 0 Å². The minimum absolute atomic E-state index is 0.0473. The molecule has 1 aliphatic rings. The number of anilines is 1. The van der Waals surface area contributed by atoms with Gasteiger partial charge < -0.3 is 5.32 Å². The number of aromatic nitrogens is 1. The first-order valence-electron chi connectivity index (χ1n) is 6.07. The number of pyridine rings is 1. The van der Waals surface area contributed by atoms with Crippen LogP contribution in [0, 0.1) is 0 Å². The van der Waals surface area contributed by atoms with E-state index in [0.29, 0.717) is 12.8 Å². The third kappa shape index (κ3) is 3.59. The molecule has 20 heavy (non-hydrogen) atoms. The van der Waals surface area contributed by atoms with Crippen LogP contribution in [-0.4, -0.2) is 16.9 Å². The number of hydrogen-bond donors (Lipinski definition) is 1. The summed E-state index contributed by atoms with van der Waals surface area (Å²) < 4.78 is 65.2. The molecule has 1 N–H and O–H groups in total. The molecule has 0 aromatic carbocycles. The summed E-state index contributed by atoms with van der Waals surface area (Å²) in [5.74, 6) is -3.13.